The molecule has 0 unspecified atom stereocenters. The first-order chi connectivity index (χ1) is 9.35. The van der Waals surface area contributed by atoms with Crippen molar-refractivity contribution in [3.63, 3.8) is 0 Å². The van der Waals surface area contributed by atoms with E-state index in [1.807, 2.05) is 0 Å². The van der Waals surface area contributed by atoms with Crippen LogP contribution in [0.3, 0.4) is 0 Å². The zero-order valence-electron chi connectivity index (χ0n) is 11.9. The van der Waals surface area contributed by atoms with Crippen molar-refractivity contribution in [3.05, 3.63) is 0 Å². The van der Waals surface area contributed by atoms with Crippen LogP contribution in [0.25, 0.3) is 0 Å². The molecule has 0 radical (unpaired) electrons. The van der Waals surface area contributed by atoms with Crippen LogP contribution in [0, 0.1) is 5.92 Å². The molecular weight excluding hydrogens is 280 g/mol. The van der Waals surface area contributed by atoms with E-state index in [1.54, 1.807) is 4.90 Å². The van der Waals surface area contributed by atoms with Gasteiger partial charge >= 0.3 is 0 Å². The second-order valence-corrected chi connectivity index (χ2v) is 7.85. The first kappa shape index (κ1) is 15.7. The average molecular weight is 304 g/mol. The number of amides is 1. The zero-order valence-corrected chi connectivity index (χ0v) is 12.7. The van der Waals surface area contributed by atoms with Crippen molar-refractivity contribution in [1.29, 1.82) is 0 Å². The van der Waals surface area contributed by atoms with Crippen molar-refractivity contribution in [2.75, 3.05) is 19.3 Å². The van der Waals surface area contributed by atoms with Gasteiger partial charge in [-0.25, -0.2) is 13.1 Å². The summed E-state index contributed by atoms with van der Waals surface area (Å²) in [5, 5.41) is 9.86. The summed E-state index contributed by atoms with van der Waals surface area (Å²) in [6.07, 6.45) is 6.62. The Balaban J connectivity index is 1.85. The fourth-order valence-corrected chi connectivity index (χ4v) is 3.93. The number of rotatable bonds is 4. The fourth-order valence-electron chi connectivity index (χ4n) is 3.15. The first-order valence-corrected chi connectivity index (χ1v) is 9.17. The Morgan fingerprint density at radius 1 is 1.25 bits per heavy atom. The number of nitrogens with zero attached hydrogens (tertiary/aromatic N) is 1. The summed E-state index contributed by atoms with van der Waals surface area (Å²) in [5.41, 5.74) is 0. The van der Waals surface area contributed by atoms with E-state index >= 15 is 0 Å². The minimum atomic E-state index is -3.36. The largest absolute Gasteiger partial charge is 0.390 e. The molecule has 1 heterocycles. The minimum Gasteiger partial charge on any atom is -0.390 e. The number of sulfonamides is 1. The Labute approximate surface area is 120 Å². The molecule has 20 heavy (non-hydrogen) atoms. The quantitative estimate of drug-likeness (QED) is 0.770. The maximum Gasteiger partial charge on any atom is 0.222 e. The topological polar surface area (TPSA) is 86.7 Å². The molecule has 1 aliphatic carbocycles. The summed E-state index contributed by atoms with van der Waals surface area (Å²) >= 11 is 0. The van der Waals surface area contributed by atoms with Gasteiger partial charge < -0.3 is 10.0 Å². The lowest BCUT2D eigenvalue weighted by atomic mass is 9.87. The second-order valence-electron chi connectivity index (χ2n) is 6.07. The lowest BCUT2D eigenvalue weighted by molar-refractivity contribution is -0.131. The highest BCUT2D eigenvalue weighted by atomic mass is 32.2. The highest BCUT2D eigenvalue weighted by Gasteiger charge is 2.36. The molecule has 1 saturated carbocycles. The Kier molecular flexibility index (Phi) is 5.04. The highest BCUT2D eigenvalue weighted by molar-refractivity contribution is 7.88. The van der Waals surface area contributed by atoms with Crippen LogP contribution in [-0.4, -0.2) is 55.8 Å². The second kappa shape index (κ2) is 6.41. The summed E-state index contributed by atoms with van der Waals surface area (Å²) in [5.74, 6) is 0.490. The van der Waals surface area contributed by atoms with Crippen LogP contribution >= 0.6 is 0 Å². The lowest BCUT2D eigenvalue weighted by Crippen LogP contribution is -2.42. The molecule has 116 valence electrons. The predicted octanol–water partition coefficient (Wildman–Crippen LogP) is 0.0777. The van der Waals surface area contributed by atoms with Crippen molar-refractivity contribution < 1.29 is 18.3 Å². The van der Waals surface area contributed by atoms with Gasteiger partial charge in [0.15, 0.2) is 0 Å². The molecule has 2 fully saturated rings. The van der Waals surface area contributed by atoms with Gasteiger partial charge in [0.2, 0.25) is 15.9 Å². The van der Waals surface area contributed by atoms with Crippen molar-refractivity contribution in [1.82, 2.24) is 9.62 Å². The highest BCUT2D eigenvalue weighted by Crippen LogP contribution is 2.27. The van der Waals surface area contributed by atoms with E-state index < -0.39 is 22.2 Å². The third kappa shape index (κ3) is 4.43. The number of likely N-dealkylation sites (tertiary alicyclic amines) is 1. The molecule has 1 saturated heterocycles. The van der Waals surface area contributed by atoms with E-state index in [2.05, 4.69) is 4.72 Å². The summed E-state index contributed by atoms with van der Waals surface area (Å²) in [7, 11) is -3.36. The average Bonchev–Trinajstić information content (AvgIpc) is 2.70. The van der Waals surface area contributed by atoms with Gasteiger partial charge in [0.05, 0.1) is 18.4 Å². The Morgan fingerprint density at radius 2 is 1.90 bits per heavy atom. The number of carbonyl (C=O) groups excluding carboxylic acids is 1. The van der Waals surface area contributed by atoms with Crippen LogP contribution in [0.15, 0.2) is 0 Å². The van der Waals surface area contributed by atoms with E-state index in [-0.39, 0.29) is 19.0 Å². The molecule has 2 atom stereocenters. The standard InChI is InChI=1S/C13H24N2O4S/c1-20(18,19)14-11-8-15(9-12(11)16)13(17)7-10-5-3-2-4-6-10/h10-12,14,16H,2-9H2,1H3/t11-,12-/m1/s1. The van der Waals surface area contributed by atoms with Crippen molar-refractivity contribution in [2.24, 2.45) is 5.92 Å². The van der Waals surface area contributed by atoms with E-state index in [0.29, 0.717) is 12.3 Å². The third-order valence-electron chi connectivity index (χ3n) is 4.20. The number of carbonyl (C=O) groups is 1. The summed E-state index contributed by atoms with van der Waals surface area (Å²) in [6.45, 7) is 0.485. The zero-order chi connectivity index (χ0) is 14.8. The van der Waals surface area contributed by atoms with E-state index in [9.17, 15) is 18.3 Å². The Morgan fingerprint density at radius 3 is 2.50 bits per heavy atom. The van der Waals surface area contributed by atoms with Crippen LogP contribution in [0.4, 0.5) is 0 Å². The summed E-state index contributed by atoms with van der Waals surface area (Å²) in [4.78, 5) is 13.8. The fraction of sp³-hybridized carbons (Fsp3) is 0.923. The molecule has 0 aromatic carbocycles. The molecule has 0 spiro atoms. The van der Waals surface area contributed by atoms with Gasteiger partial charge in [-0.1, -0.05) is 19.3 Å². The first-order valence-electron chi connectivity index (χ1n) is 7.28. The van der Waals surface area contributed by atoms with Crippen LogP contribution < -0.4 is 4.72 Å². The van der Waals surface area contributed by atoms with E-state index in [1.165, 1.54) is 19.3 Å². The van der Waals surface area contributed by atoms with Gasteiger partial charge in [-0.05, 0) is 18.8 Å². The lowest BCUT2D eigenvalue weighted by Gasteiger charge is -2.24. The van der Waals surface area contributed by atoms with Gasteiger partial charge in [0, 0.05) is 19.5 Å². The molecule has 2 aliphatic rings. The molecule has 2 rings (SSSR count). The number of aliphatic hydroxyl groups excluding tert-OH is 1. The van der Waals surface area contributed by atoms with Crippen LogP contribution in [0.2, 0.25) is 0 Å². The molecule has 2 N–H and O–H groups in total. The van der Waals surface area contributed by atoms with Crippen molar-refractivity contribution in [3.8, 4) is 0 Å². The van der Waals surface area contributed by atoms with Gasteiger partial charge in [0.25, 0.3) is 0 Å². The normalized spacial score (nSPS) is 28.8. The maximum atomic E-state index is 12.2. The van der Waals surface area contributed by atoms with Crippen molar-refractivity contribution >= 4 is 15.9 Å². The molecule has 6 nitrogen and oxygen atoms in total. The molecule has 0 bridgehead atoms. The third-order valence-corrected chi connectivity index (χ3v) is 4.93. The number of nitrogens with one attached hydrogen (secondary N) is 1. The molecule has 7 heteroatoms. The van der Waals surface area contributed by atoms with Gasteiger partial charge in [-0.3, -0.25) is 4.79 Å². The summed E-state index contributed by atoms with van der Waals surface area (Å²) < 4.78 is 24.8. The van der Waals surface area contributed by atoms with E-state index in [4.69, 9.17) is 0 Å². The molecule has 0 aromatic heterocycles. The molecule has 0 aromatic rings. The SMILES string of the molecule is CS(=O)(=O)N[C@@H]1CN(C(=O)CC2CCCCC2)C[C@H]1O. The maximum absolute atomic E-state index is 12.2. The number of β-amino-alcohol motifs (C(OH)–C–C–N with tert-alkyl or cyclic N) is 1. The van der Waals surface area contributed by atoms with Gasteiger partial charge in [0.1, 0.15) is 0 Å². The Hall–Kier alpha value is -0.660. The van der Waals surface area contributed by atoms with Gasteiger partial charge in [-0.15, -0.1) is 0 Å². The van der Waals surface area contributed by atoms with Crippen LogP contribution in [0.5, 0.6) is 0 Å². The molecule has 1 aliphatic heterocycles. The monoisotopic (exact) mass is 304 g/mol. The van der Waals surface area contributed by atoms with Crippen molar-refractivity contribution in [2.45, 2.75) is 50.7 Å². The summed E-state index contributed by atoms with van der Waals surface area (Å²) in [6, 6.07) is -0.583. The van der Waals surface area contributed by atoms with Gasteiger partial charge in [-0.2, -0.15) is 0 Å². The number of hydrogen-bond acceptors (Lipinski definition) is 4. The van der Waals surface area contributed by atoms with Crippen LogP contribution in [-0.2, 0) is 14.8 Å². The van der Waals surface area contributed by atoms with Crippen LogP contribution in [0.1, 0.15) is 38.5 Å². The number of aliphatic hydroxyl groups is 1. The number of hydrogen-bond donors (Lipinski definition) is 2. The predicted molar refractivity (Wildman–Crippen MR) is 75.5 cm³/mol. The Bertz CT molecular complexity index is 445. The molecular formula is C13H24N2O4S. The van der Waals surface area contributed by atoms with E-state index in [0.717, 1.165) is 19.1 Å². The molecule has 1 amide bonds. The minimum absolute atomic E-state index is 0.0359. The smallest absolute Gasteiger partial charge is 0.222 e.